The van der Waals surface area contributed by atoms with Crippen LogP contribution in [-0.4, -0.2) is 44.0 Å². The minimum Gasteiger partial charge on any atom is -0.487 e. The minimum absolute atomic E-state index is 0.0241. The van der Waals surface area contributed by atoms with Crippen LogP contribution in [0.3, 0.4) is 0 Å². The molecule has 1 saturated heterocycles. The molecule has 2 amide bonds. The van der Waals surface area contributed by atoms with E-state index in [9.17, 15) is 23.1 Å². The molecule has 0 radical (unpaired) electrons. The van der Waals surface area contributed by atoms with Crippen molar-refractivity contribution in [3.63, 3.8) is 0 Å². The zero-order valence-electron chi connectivity index (χ0n) is 19.0. The lowest BCUT2D eigenvalue weighted by atomic mass is 10.0. The summed E-state index contributed by atoms with van der Waals surface area (Å²) >= 11 is 0. The molecule has 3 aromatic rings. The van der Waals surface area contributed by atoms with Crippen molar-refractivity contribution in [3.05, 3.63) is 71.5 Å². The Balaban J connectivity index is 1.79. The van der Waals surface area contributed by atoms with Gasteiger partial charge in [0, 0.05) is 17.5 Å². The molecule has 0 unspecified atom stereocenters. The maximum atomic E-state index is 15.9. The second kappa shape index (κ2) is 9.16. The van der Waals surface area contributed by atoms with Crippen LogP contribution in [0.15, 0.2) is 54.6 Å². The van der Waals surface area contributed by atoms with Crippen molar-refractivity contribution in [3.8, 4) is 5.75 Å². The fourth-order valence-corrected chi connectivity index (χ4v) is 4.74. The van der Waals surface area contributed by atoms with E-state index in [0.29, 0.717) is 9.69 Å². The van der Waals surface area contributed by atoms with Crippen LogP contribution in [-0.2, 0) is 21.6 Å². The van der Waals surface area contributed by atoms with E-state index in [1.807, 2.05) is 10.8 Å². The molecule has 1 heterocycles. The first kappa shape index (κ1) is 24.4. The van der Waals surface area contributed by atoms with Crippen LogP contribution in [0.1, 0.15) is 29.8 Å². The number of anilines is 1. The summed E-state index contributed by atoms with van der Waals surface area (Å²) in [5.41, 5.74) is -0.681. The van der Waals surface area contributed by atoms with E-state index >= 15 is 4.39 Å². The largest absolute Gasteiger partial charge is 0.487 e. The van der Waals surface area contributed by atoms with Crippen LogP contribution in [0.25, 0.3) is 10.8 Å². The monoisotopic (exact) mass is 501 g/mol. The first-order valence-electron chi connectivity index (χ1n) is 10.7. The fourth-order valence-electron chi connectivity index (χ4n) is 3.58. The highest BCUT2D eigenvalue weighted by Crippen LogP contribution is 2.40. The van der Waals surface area contributed by atoms with E-state index in [1.165, 1.54) is 38.1 Å². The highest BCUT2D eigenvalue weighted by Gasteiger charge is 2.38. The van der Waals surface area contributed by atoms with E-state index in [-0.39, 0.29) is 29.9 Å². The first-order valence-corrected chi connectivity index (χ1v) is 12.2. The van der Waals surface area contributed by atoms with Crippen LogP contribution in [0, 0.1) is 5.82 Å². The van der Waals surface area contributed by atoms with Crippen molar-refractivity contribution in [1.29, 1.82) is 0 Å². The third kappa shape index (κ3) is 5.36. The molecule has 0 spiro atoms. The number of rotatable bonds is 7. The normalized spacial score (nSPS) is 15.2. The van der Waals surface area contributed by atoms with E-state index in [0.717, 1.165) is 5.56 Å². The first-order chi connectivity index (χ1) is 16.4. The van der Waals surface area contributed by atoms with Crippen molar-refractivity contribution >= 4 is 38.5 Å². The fraction of sp³-hybridized carbons (Fsp3) is 0.250. The molecule has 0 atom stereocenters. The number of halogens is 1. The number of hydrogen-bond donors (Lipinski definition) is 3. The van der Waals surface area contributed by atoms with Gasteiger partial charge in [-0.15, -0.1) is 0 Å². The molecule has 3 aromatic carbocycles. The number of hydrogen-bond acceptors (Lipinski definition) is 6. The van der Waals surface area contributed by atoms with Crippen molar-refractivity contribution in [2.45, 2.75) is 26.1 Å². The van der Waals surface area contributed by atoms with Crippen LogP contribution >= 0.6 is 0 Å². The van der Waals surface area contributed by atoms with E-state index in [4.69, 9.17) is 4.74 Å². The van der Waals surface area contributed by atoms with Gasteiger partial charge < -0.3 is 15.2 Å². The van der Waals surface area contributed by atoms with Gasteiger partial charge in [0.1, 0.15) is 24.6 Å². The quantitative estimate of drug-likeness (QED) is 0.456. The molecule has 1 aliphatic heterocycles. The second-order valence-corrected chi connectivity index (χ2v) is 10.4. The number of carbonyl (C=O) groups is 2. The molecule has 0 bridgehead atoms. The highest BCUT2D eigenvalue weighted by atomic mass is 32.2. The average Bonchev–Trinajstić information content (AvgIpc) is 3.07. The Labute approximate surface area is 201 Å². The van der Waals surface area contributed by atoms with Crippen LogP contribution in [0.2, 0.25) is 0 Å². The summed E-state index contributed by atoms with van der Waals surface area (Å²) in [5.74, 6) is -2.37. The Bertz CT molecular complexity index is 1400. The van der Waals surface area contributed by atoms with Gasteiger partial charge in [-0.2, -0.15) is 8.42 Å². The van der Waals surface area contributed by atoms with Crippen molar-refractivity contribution in [2.24, 2.45) is 0 Å². The summed E-state index contributed by atoms with van der Waals surface area (Å²) in [7, 11) is -4.33. The summed E-state index contributed by atoms with van der Waals surface area (Å²) in [6, 6.07) is 14.8. The minimum atomic E-state index is -4.33. The number of benzene rings is 3. The topological polar surface area (TPSA) is 125 Å². The summed E-state index contributed by atoms with van der Waals surface area (Å²) in [5, 5.41) is 12.7. The van der Waals surface area contributed by atoms with Crippen molar-refractivity contribution in [1.82, 2.24) is 10.0 Å². The summed E-state index contributed by atoms with van der Waals surface area (Å²) < 4.78 is 49.2. The summed E-state index contributed by atoms with van der Waals surface area (Å²) in [4.78, 5) is 24.4. The van der Waals surface area contributed by atoms with Gasteiger partial charge in [0.2, 0.25) is 0 Å². The zero-order chi connectivity index (χ0) is 25.4. The predicted molar refractivity (Wildman–Crippen MR) is 128 cm³/mol. The highest BCUT2D eigenvalue weighted by molar-refractivity contribution is 7.92. The number of aliphatic hydroxyl groups is 1. The third-order valence-electron chi connectivity index (χ3n) is 5.27. The van der Waals surface area contributed by atoms with E-state index in [2.05, 4.69) is 5.32 Å². The van der Waals surface area contributed by atoms with Gasteiger partial charge in [-0.25, -0.2) is 13.4 Å². The molecule has 11 heteroatoms. The van der Waals surface area contributed by atoms with Gasteiger partial charge >= 0.3 is 10.2 Å². The van der Waals surface area contributed by atoms with Gasteiger partial charge in [-0.05, 0) is 43.0 Å². The maximum Gasteiger partial charge on any atom is 0.326 e. The summed E-state index contributed by atoms with van der Waals surface area (Å²) in [6.45, 7) is 2.46. The Kier molecular flexibility index (Phi) is 6.39. The molecule has 0 saturated carbocycles. The van der Waals surface area contributed by atoms with Gasteiger partial charge in [-0.1, -0.05) is 36.4 Å². The number of fused-ring (bicyclic) bond motifs is 1. The Morgan fingerprint density at radius 3 is 2.54 bits per heavy atom. The van der Waals surface area contributed by atoms with Gasteiger partial charge in [-0.3, -0.25) is 9.59 Å². The number of carbonyl (C=O) groups excluding carboxylic acids is 2. The van der Waals surface area contributed by atoms with Gasteiger partial charge in [0.15, 0.2) is 5.82 Å². The molecule has 3 N–H and O–H groups in total. The standard InChI is InChI=1S/C24H24FN3O6S/c1-24(2,31)14-26-23(30)17-9-8-16-11-19(34-13-15-6-4-3-5-7-15)22(21(25)18(16)10-17)28-12-20(29)27-35(28,32)33/h3-11,31H,12-14H2,1-2H3,(H,26,30)(H,27,29). The number of amides is 2. The molecular formula is C24H24FN3O6S. The SMILES string of the molecule is CC(C)(O)CNC(=O)c1ccc2cc(OCc3ccccc3)c(N3CC(=O)NS3(=O)=O)c(F)c2c1. The lowest BCUT2D eigenvalue weighted by Crippen LogP contribution is -2.38. The Morgan fingerprint density at radius 2 is 1.91 bits per heavy atom. The van der Waals surface area contributed by atoms with Crippen molar-refractivity contribution < 1.29 is 32.2 Å². The zero-order valence-corrected chi connectivity index (χ0v) is 19.9. The molecule has 9 nitrogen and oxygen atoms in total. The molecule has 0 aliphatic carbocycles. The number of nitrogens with one attached hydrogen (secondary N) is 2. The average molecular weight is 502 g/mol. The molecule has 4 rings (SSSR count). The molecule has 0 aromatic heterocycles. The number of ether oxygens (including phenoxy) is 1. The lowest BCUT2D eigenvalue weighted by Gasteiger charge is -2.21. The molecular weight excluding hydrogens is 477 g/mol. The van der Waals surface area contributed by atoms with Crippen LogP contribution in [0.5, 0.6) is 5.75 Å². The Hall–Kier alpha value is -3.70. The van der Waals surface area contributed by atoms with E-state index < -0.39 is 45.7 Å². The van der Waals surface area contributed by atoms with Crippen molar-refractivity contribution in [2.75, 3.05) is 17.4 Å². The molecule has 184 valence electrons. The third-order valence-corrected chi connectivity index (χ3v) is 6.65. The Morgan fingerprint density at radius 1 is 1.20 bits per heavy atom. The molecule has 1 aliphatic rings. The molecule has 1 fully saturated rings. The predicted octanol–water partition coefficient (Wildman–Crippen LogP) is 2.24. The van der Waals surface area contributed by atoms with Crippen LogP contribution < -0.4 is 19.1 Å². The van der Waals surface area contributed by atoms with Gasteiger partial charge in [0.25, 0.3) is 11.8 Å². The molecule has 35 heavy (non-hydrogen) atoms. The van der Waals surface area contributed by atoms with E-state index in [1.54, 1.807) is 24.3 Å². The van der Waals surface area contributed by atoms with Gasteiger partial charge in [0.05, 0.1) is 5.60 Å². The maximum absolute atomic E-state index is 15.9. The smallest absolute Gasteiger partial charge is 0.326 e. The summed E-state index contributed by atoms with van der Waals surface area (Å²) in [6.07, 6.45) is 0. The second-order valence-electron chi connectivity index (χ2n) is 8.78. The van der Waals surface area contributed by atoms with Crippen LogP contribution in [0.4, 0.5) is 10.1 Å². The number of nitrogens with zero attached hydrogens (tertiary/aromatic N) is 1. The lowest BCUT2D eigenvalue weighted by molar-refractivity contribution is -0.117.